The van der Waals surface area contributed by atoms with Crippen LogP contribution in [0.25, 0.3) is 11.0 Å². The van der Waals surface area contributed by atoms with Crippen molar-refractivity contribution in [2.24, 2.45) is 14.1 Å². The summed E-state index contributed by atoms with van der Waals surface area (Å²) in [4.78, 5) is 12.1. The van der Waals surface area contributed by atoms with Gasteiger partial charge in [0, 0.05) is 20.6 Å². The minimum Gasteiger partial charge on any atom is -1.00 e. The quantitative estimate of drug-likeness (QED) is 0.397. The number of nitrogens with zero attached hydrogens (tertiary/aromatic N) is 2. The molecule has 0 saturated heterocycles. The van der Waals surface area contributed by atoms with E-state index in [1.54, 1.807) is 29.5 Å². The van der Waals surface area contributed by atoms with E-state index in [2.05, 4.69) is 5.32 Å². The smallest absolute Gasteiger partial charge is 0.328 e. The molecule has 2 aromatic heterocycles. The molecular formula is C23H25ClN3O4-. The van der Waals surface area contributed by atoms with Crippen molar-refractivity contribution >= 4 is 11.0 Å². The first-order chi connectivity index (χ1) is 14.5. The van der Waals surface area contributed by atoms with Crippen LogP contribution in [0.2, 0.25) is 0 Å². The number of furan rings is 1. The topological polar surface area (TPSA) is 81.6 Å². The molecule has 0 amide bonds. The summed E-state index contributed by atoms with van der Waals surface area (Å²) in [5.74, 6) is 1.59. The van der Waals surface area contributed by atoms with Crippen molar-refractivity contribution in [2.45, 2.75) is 19.2 Å². The Hall–Kier alpha value is -3.00. The number of nitrogens with one attached hydrogen (secondary N) is 1. The van der Waals surface area contributed by atoms with Gasteiger partial charge < -0.3 is 32.0 Å². The molecule has 164 valence electrons. The van der Waals surface area contributed by atoms with Gasteiger partial charge in [0.15, 0.2) is 0 Å². The van der Waals surface area contributed by atoms with Crippen LogP contribution in [0, 0.1) is 0 Å². The first-order valence-corrected chi connectivity index (χ1v) is 9.81. The number of halogens is 1. The summed E-state index contributed by atoms with van der Waals surface area (Å²) in [6.07, 6.45) is 0.871. The van der Waals surface area contributed by atoms with Gasteiger partial charge in [-0.15, -0.1) is 0 Å². The number of aliphatic hydroxyl groups excluding tert-OH is 1. The average Bonchev–Trinajstić information content (AvgIpc) is 3.36. The monoisotopic (exact) mass is 442 g/mol. The van der Waals surface area contributed by atoms with Crippen LogP contribution < -0.4 is 28.2 Å². The van der Waals surface area contributed by atoms with Gasteiger partial charge >= 0.3 is 5.69 Å². The van der Waals surface area contributed by atoms with Crippen molar-refractivity contribution in [3.8, 4) is 5.75 Å². The fraction of sp³-hybridized carbons (Fsp3) is 0.261. The Labute approximate surface area is 186 Å². The molecule has 2 aromatic carbocycles. The molecule has 0 spiro atoms. The first kappa shape index (κ1) is 22.7. The van der Waals surface area contributed by atoms with Crippen LogP contribution in [0.3, 0.4) is 0 Å². The van der Waals surface area contributed by atoms with E-state index >= 15 is 0 Å². The molecule has 2 heterocycles. The first-order valence-electron chi connectivity index (χ1n) is 9.81. The Bertz CT molecular complexity index is 1180. The van der Waals surface area contributed by atoms with Crippen LogP contribution in [-0.4, -0.2) is 20.8 Å². The van der Waals surface area contributed by atoms with Crippen LogP contribution in [-0.2, 0) is 27.2 Å². The number of fused-ring (bicyclic) bond motifs is 1. The third-order valence-electron chi connectivity index (χ3n) is 5.22. The number of aromatic nitrogens is 2. The highest BCUT2D eigenvalue weighted by atomic mass is 35.5. The summed E-state index contributed by atoms with van der Waals surface area (Å²) < 4.78 is 14.2. The fourth-order valence-electron chi connectivity index (χ4n) is 3.45. The van der Waals surface area contributed by atoms with E-state index in [4.69, 9.17) is 9.15 Å². The lowest BCUT2D eigenvalue weighted by atomic mass is 10.1. The summed E-state index contributed by atoms with van der Waals surface area (Å²) in [5, 5.41) is 13.9. The van der Waals surface area contributed by atoms with Gasteiger partial charge in [0.1, 0.15) is 24.2 Å². The van der Waals surface area contributed by atoms with Crippen molar-refractivity contribution in [1.29, 1.82) is 0 Å². The van der Waals surface area contributed by atoms with E-state index < -0.39 is 6.10 Å². The zero-order valence-electron chi connectivity index (χ0n) is 17.4. The van der Waals surface area contributed by atoms with Crippen LogP contribution in [0.5, 0.6) is 5.75 Å². The van der Waals surface area contributed by atoms with Gasteiger partial charge in [0.05, 0.1) is 23.8 Å². The molecule has 0 aliphatic rings. The number of imidazole rings is 1. The Kier molecular flexibility index (Phi) is 7.22. The van der Waals surface area contributed by atoms with Gasteiger partial charge in [0.25, 0.3) is 0 Å². The minimum absolute atomic E-state index is 0. The largest absolute Gasteiger partial charge is 1.00 e. The highest BCUT2D eigenvalue weighted by Crippen LogP contribution is 2.21. The maximum absolute atomic E-state index is 12.1. The van der Waals surface area contributed by atoms with E-state index in [1.165, 1.54) is 0 Å². The van der Waals surface area contributed by atoms with E-state index in [0.717, 1.165) is 28.9 Å². The highest BCUT2D eigenvalue weighted by molar-refractivity contribution is 5.76. The molecule has 31 heavy (non-hydrogen) atoms. The maximum atomic E-state index is 12.1. The Balaban J connectivity index is 0.00000272. The van der Waals surface area contributed by atoms with Crippen molar-refractivity contribution in [2.75, 3.05) is 6.61 Å². The summed E-state index contributed by atoms with van der Waals surface area (Å²) in [7, 11) is 3.46. The summed E-state index contributed by atoms with van der Waals surface area (Å²) in [6.45, 7) is 1.52. The summed E-state index contributed by atoms with van der Waals surface area (Å²) >= 11 is 0. The molecule has 0 aliphatic carbocycles. The lowest BCUT2D eigenvalue weighted by molar-refractivity contribution is -0.00000833. The fourth-order valence-corrected chi connectivity index (χ4v) is 3.45. The normalized spacial score (nSPS) is 12.0. The average molecular weight is 443 g/mol. The number of aryl methyl sites for hydroxylation is 2. The van der Waals surface area contributed by atoms with E-state index in [9.17, 15) is 9.90 Å². The Morgan fingerprint density at radius 1 is 1.03 bits per heavy atom. The molecule has 0 aliphatic heterocycles. The molecule has 4 rings (SSSR count). The van der Waals surface area contributed by atoms with Crippen LogP contribution in [0.15, 0.2) is 70.1 Å². The van der Waals surface area contributed by atoms with Gasteiger partial charge in [-0.05, 0) is 47.5 Å². The molecule has 0 radical (unpaired) electrons. The molecule has 1 unspecified atom stereocenters. The number of hydrogen-bond donors (Lipinski definition) is 2. The van der Waals surface area contributed by atoms with Crippen LogP contribution in [0.4, 0.5) is 0 Å². The van der Waals surface area contributed by atoms with Crippen molar-refractivity contribution in [3.63, 3.8) is 0 Å². The molecule has 7 nitrogen and oxygen atoms in total. The molecule has 0 fully saturated rings. The van der Waals surface area contributed by atoms with Gasteiger partial charge in [-0.3, -0.25) is 9.13 Å². The van der Waals surface area contributed by atoms with Crippen LogP contribution in [0.1, 0.15) is 23.0 Å². The number of ether oxygens (including phenoxy) is 1. The molecule has 4 aromatic rings. The second-order valence-electron chi connectivity index (χ2n) is 7.30. The predicted octanol–water partition coefficient (Wildman–Crippen LogP) is -0.124. The minimum atomic E-state index is -0.792. The molecule has 2 N–H and O–H groups in total. The van der Waals surface area contributed by atoms with Crippen molar-refractivity contribution < 1.29 is 26.7 Å². The standard InChI is InChI=1S/C23H25N3O4.ClH/c1-25-20-10-7-17(12-21(20)26(2)23(25)28)22(27)15-30-18-8-5-16(6-9-18)13-24-14-19-4-3-11-29-19;/h3-12,22,24,27H,13-15H2,1-2H3;1H/p-1. The lowest BCUT2D eigenvalue weighted by Gasteiger charge is -2.13. The summed E-state index contributed by atoms with van der Waals surface area (Å²) in [6, 6.07) is 17.1. The molecular weight excluding hydrogens is 418 g/mol. The van der Waals surface area contributed by atoms with Crippen molar-refractivity contribution in [1.82, 2.24) is 14.5 Å². The predicted molar refractivity (Wildman–Crippen MR) is 114 cm³/mol. The van der Waals surface area contributed by atoms with Crippen LogP contribution >= 0.6 is 0 Å². The zero-order valence-corrected chi connectivity index (χ0v) is 18.2. The van der Waals surface area contributed by atoms with E-state index in [-0.39, 0.29) is 24.7 Å². The zero-order chi connectivity index (χ0) is 21.1. The second kappa shape index (κ2) is 9.87. The Morgan fingerprint density at radius 2 is 1.77 bits per heavy atom. The Morgan fingerprint density at radius 3 is 2.48 bits per heavy atom. The molecule has 8 heteroatoms. The van der Waals surface area contributed by atoms with Gasteiger partial charge in [0.2, 0.25) is 0 Å². The van der Waals surface area contributed by atoms with E-state index in [0.29, 0.717) is 17.9 Å². The third-order valence-corrected chi connectivity index (χ3v) is 5.22. The number of rotatable bonds is 8. The summed E-state index contributed by atoms with van der Waals surface area (Å²) in [5.41, 5.74) is 3.36. The number of benzene rings is 2. The van der Waals surface area contributed by atoms with Gasteiger partial charge in [-0.2, -0.15) is 0 Å². The van der Waals surface area contributed by atoms with Gasteiger partial charge in [-0.25, -0.2) is 4.79 Å². The SMILES string of the molecule is Cn1c(=O)n(C)c2cc(C(O)COc3ccc(CNCc4ccco4)cc3)ccc21.[Cl-]. The number of hydrogen-bond acceptors (Lipinski definition) is 5. The maximum Gasteiger partial charge on any atom is 0.328 e. The molecule has 0 bridgehead atoms. The number of aliphatic hydroxyl groups is 1. The van der Waals surface area contributed by atoms with Crippen molar-refractivity contribution in [3.05, 3.63) is 88.2 Å². The highest BCUT2D eigenvalue weighted by Gasteiger charge is 2.13. The second-order valence-corrected chi connectivity index (χ2v) is 7.30. The third kappa shape index (κ3) is 5.02. The van der Waals surface area contributed by atoms with E-state index in [1.807, 2.05) is 54.6 Å². The van der Waals surface area contributed by atoms with Gasteiger partial charge in [-0.1, -0.05) is 18.2 Å². The lowest BCUT2D eigenvalue weighted by Crippen LogP contribution is -3.00. The molecule has 1 atom stereocenters. The molecule has 0 saturated carbocycles.